The summed E-state index contributed by atoms with van der Waals surface area (Å²) in [5.74, 6) is 0.744. The second kappa shape index (κ2) is 13.0. The van der Waals surface area contributed by atoms with Gasteiger partial charge in [0.05, 0.1) is 35.1 Å². The Labute approximate surface area is 265 Å². The summed E-state index contributed by atoms with van der Waals surface area (Å²) in [5.41, 5.74) is 4.45. The van der Waals surface area contributed by atoms with Gasteiger partial charge in [0, 0.05) is 0 Å². The van der Waals surface area contributed by atoms with Gasteiger partial charge in [-0.2, -0.15) is 0 Å². The number of nitrogens with zero attached hydrogens (tertiary/aromatic N) is 2. The van der Waals surface area contributed by atoms with Crippen molar-refractivity contribution in [3.63, 3.8) is 0 Å². The number of carbonyl (C=O) groups is 1. The molecule has 1 atom stereocenters. The zero-order valence-corrected chi connectivity index (χ0v) is 26.5. The van der Waals surface area contributed by atoms with Gasteiger partial charge in [-0.3, -0.25) is 9.36 Å². The molecule has 0 aliphatic carbocycles. The summed E-state index contributed by atoms with van der Waals surface area (Å²) in [5, 5.41) is 2.31. The highest BCUT2D eigenvalue weighted by Gasteiger charge is 2.33. The molecule has 45 heavy (non-hydrogen) atoms. The van der Waals surface area contributed by atoms with E-state index in [4.69, 9.17) is 14.2 Å². The van der Waals surface area contributed by atoms with Crippen molar-refractivity contribution in [2.24, 2.45) is 4.99 Å². The summed E-state index contributed by atoms with van der Waals surface area (Å²) < 4.78 is 19.7. The Morgan fingerprint density at radius 3 is 2.47 bits per heavy atom. The minimum Gasteiger partial charge on any atom is -0.490 e. The van der Waals surface area contributed by atoms with Crippen molar-refractivity contribution < 1.29 is 19.0 Å². The maximum absolute atomic E-state index is 14.0. The van der Waals surface area contributed by atoms with E-state index in [9.17, 15) is 9.59 Å². The first-order valence-electron chi connectivity index (χ1n) is 15.0. The predicted molar refractivity (Wildman–Crippen MR) is 177 cm³/mol. The molecule has 0 saturated heterocycles. The van der Waals surface area contributed by atoms with E-state index in [-0.39, 0.29) is 12.2 Å². The minimum atomic E-state index is -0.646. The van der Waals surface area contributed by atoms with Crippen molar-refractivity contribution in [3.8, 4) is 11.5 Å². The van der Waals surface area contributed by atoms with Crippen molar-refractivity contribution in [2.45, 2.75) is 40.3 Å². The number of ether oxygens (including phenoxy) is 3. The van der Waals surface area contributed by atoms with Crippen LogP contribution in [-0.2, 0) is 16.1 Å². The number of aromatic nitrogens is 1. The van der Waals surface area contributed by atoms with E-state index < -0.39 is 12.0 Å². The van der Waals surface area contributed by atoms with Gasteiger partial charge in [0.2, 0.25) is 0 Å². The van der Waals surface area contributed by atoms with Gasteiger partial charge < -0.3 is 14.2 Å². The predicted octanol–water partition coefficient (Wildman–Crippen LogP) is 6.24. The van der Waals surface area contributed by atoms with Gasteiger partial charge >= 0.3 is 5.97 Å². The molecule has 2 heterocycles. The lowest BCUT2D eigenvalue weighted by Gasteiger charge is -2.24. The molecule has 0 amide bonds. The van der Waals surface area contributed by atoms with E-state index in [1.54, 1.807) is 18.4 Å². The van der Waals surface area contributed by atoms with Crippen molar-refractivity contribution in [2.75, 3.05) is 13.2 Å². The monoisotopic (exact) mass is 618 g/mol. The largest absolute Gasteiger partial charge is 0.490 e. The van der Waals surface area contributed by atoms with E-state index in [0.717, 1.165) is 33.0 Å². The molecule has 1 aromatic heterocycles. The average molecular weight is 619 g/mol. The van der Waals surface area contributed by atoms with E-state index >= 15 is 0 Å². The summed E-state index contributed by atoms with van der Waals surface area (Å²) in [6.45, 7) is 8.55. The summed E-state index contributed by atoms with van der Waals surface area (Å²) >= 11 is 1.29. The number of esters is 1. The molecular formula is C37H34N2O5S. The zero-order valence-electron chi connectivity index (χ0n) is 25.7. The lowest BCUT2D eigenvalue weighted by atomic mass is 9.95. The van der Waals surface area contributed by atoms with Crippen LogP contribution in [0.25, 0.3) is 16.8 Å². The van der Waals surface area contributed by atoms with Gasteiger partial charge in [-0.15, -0.1) is 0 Å². The van der Waals surface area contributed by atoms with Crippen LogP contribution in [0.1, 0.15) is 49.1 Å². The molecular weight excluding hydrogens is 584 g/mol. The highest BCUT2D eigenvalue weighted by molar-refractivity contribution is 7.07. The fourth-order valence-electron chi connectivity index (χ4n) is 5.58. The molecule has 0 spiro atoms. The maximum Gasteiger partial charge on any atom is 0.338 e. The summed E-state index contributed by atoms with van der Waals surface area (Å²) in [7, 11) is 0. The third kappa shape index (κ3) is 6.06. The molecule has 1 aliphatic heterocycles. The molecule has 0 bridgehead atoms. The highest BCUT2D eigenvalue weighted by atomic mass is 32.1. The van der Waals surface area contributed by atoms with E-state index in [2.05, 4.69) is 29.3 Å². The van der Waals surface area contributed by atoms with Gasteiger partial charge in [-0.25, -0.2) is 9.79 Å². The number of hydrogen-bond acceptors (Lipinski definition) is 7. The van der Waals surface area contributed by atoms with Crippen molar-refractivity contribution in [3.05, 3.63) is 138 Å². The quantitative estimate of drug-likeness (QED) is 0.183. The summed E-state index contributed by atoms with van der Waals surface area (Å²) in [6.07, 6.45) is 1.83. The first-order chi connectivity index (χ1) is 21.9. The van der Waals surface area contributed by atoms with Crippen LogP contribution in [0.4, 0.5) is 0 Å². The molecule has 1 unspecified atom stereocenters. The molecule has 0 N–H and O–H groups in total. The van der Waals surface area contributed by atoms with Crippen LogP contribution in [-0.4, -0.2) is 23.8 Å². The number of fused-ring (bicyclic) bond motifs is 2. The number of thiazole rings is 1. The van der Waals surface area contributed by atoms with Crippen LogP contribution in [0, 0.1) is 6.92 Å². The molecule has 0 radical (unpaired) electrons. The average Bonchev–Trinajstić information content (AvgIpc) is 3.34. The summed E-state index contributed by atoms with van der Waals surface area (Å²) in [6, 6.07) is 27.3. The topological polar surface area (TPSA) is 79.1 Å². The highest BCUT2D eigenvalue weighted by Crippen LogP contribution is 2.32. The maximum atomic E-state index is 14.0. The van der Waals surface area contributed by atoms with Crippen LogP contribution < -0.4 is 24.4 Å². The molecule has 6 rings (SSSR count). The Bertz CT molecular complexity index is 2100. The standard InChI is InChI=1S/C37H34N2O5S/c1-5-42-31-20-25(16-19-30(31)44-22-28-12-9-11-26-10-7-8-13-29(26)28)21-32-35(40)39-34(27-17-14-23(3)15-18-27)33(36(41)43-6-2)24(4)38-37(39)45-32/h7-21,34H,5-6,22H2,1-4H3. The van der Waals surface area contributed by atoms with Crippen molar-refractivity contribution in [1.82, 2.24) is 4.57 Å². The lowest BCUT2D eigenvalue weighted by molar-refractivity contribution is -0.139. The minimum absolute atomic E-state index is 0.227. The molecule has 5 aromatic rings. The first kappa shape index (κ1) is 30.1. The fourth-order valence-corrected chi connectivity index (χ4v) is 6.63. The number of allylic oxidation sites excluding steroid dienone is 1. The Morgan fingerprint density at radius 1 is 0.911 bits per heavy atom. The molecule has 4 aromatic carbocycles. The van der Waals surface area contributed by atoms with Gasteiger partial charge in [-0.05, 0) is 73.4 Å². The van der Waals surface area contributed by atoms with Crippen molar-refractivity contribution in [1.29, 1.82) is 0 Å². The van der Waals surface area contributed by atoms with Crippen LogP contribution in [0.2, 0.25) is 0 Å². The summed E-state index contributed by atoms with van der Waals surface area (Å²) in [4.78, 5) is 32.3. The normalized spacial score (nSPS) is 14.7. The molecule has 228 valence electrons. The Morgan fingerprint density at radius 2 is 1.69 bits per heavy atom. The van der Waals surface area contributed by atoms with Gasteiger partial charge in [0.25, 0.3) is 5.56 Å². The van der Waals surface area contributed by atoms with Crippen LogP contribution >= 0.6 is 11.3 Å². The molecule has 0 fully saturated rings. The SMILES string of the molecule is CCOC(=O)C1=C(C)N=c2sc(=Cc3ccc(OCc4cccc5ccccc45)c(OCC)c3)c(=O)n2C1c1ccc(C)cc1. The van der Waals surface area contributed by atoms with E-state index in [0.29, 0.717) is 45.3 Å². The molecule has 8 heteroatoms. The van der Waals surface area contributed by atoms with Crippen LogP contribution in [0.15, 0.2) is 106 Å². The van der Waals surface area contributed by atoms with E-state index in [1.165, 1.54) is 11.3 Å². The third-order valence-corrected chi connectivity index (χ3v) is 8.72. The van der Waals surface area contributed by atoms with Gasteiger partial charge in [0.1, 0.15) is 6.61 Å². The Kier molecular flexibility index (Phi) is 8.67. The van der Waals surface area contributed by atoms with Crippen molar-refractivity contribution >= 4 is 34.2 Å². The Balaban J connectivity index is 1.37. The number of hydrogen-bond donors (Lipinski definition) is 0. The van der Waals surface area contributed by atoms with Gasteiger partial charge in [0.15, 0.2) is 16.3 Å². The van der Waals surface area contributed by atoms with Crippen LogP contribution in [0.5, 0.6) is 11.5 Å². The first-order valence-corrected chi connectivity index (χ1v) is 15.8. The number of carbonyl (C=O) groups excluding carboxylic acids is 1. The van der Waals surface area contributed by atoms with Crippen LogP contribution in [0.3, 0.4) is 0 Å². The smallest absolute Gasteiger partial charge is 0.338 e. The number of benzene rings is 4. The molecule has 7 nitrogen and oxygen atoms in total. The fraction of sp³-hybridized carbons (Fsp3) is 0.216. The lowest BCUT2D eigenvalue weighted by Crippen LogP contribution is -2.39. The second-order valence-electron chi connectivity index (χ2n) is 10.8. The second-order valence-corrected chi connectivity index (χ2v) is 11.8. The Hall–Kier alpha value is -4.95. The number of rotatable bonds is 9. The number of aryl methyl sites for hydroxylation is 1. The zero-order chi connectivity index (χ0) is 31.5. The third-order valence-electron chi connectivity index (χ3n) is 7.74. The molecule has 1 aliphatic rings. The van der Waals surface area contributed by atoms with Gasteiger partial charge in [-0.1, -0.05) is 89.7 Å². The van der Waals surface area contributed by atoms with E-state index in [1.807, 2.05) is 80.6 Å². The molecule has 0 saturated carbocycles.